The molecule has 4 heteroatoms. The van der Waals surface area contributed by atoms with Crippen LogP contribution in [-0.2, 0) is 11.3 Å². The summed E-state index contributed by atoms with van der Waals surface area (Å²) in [6.45, 7) is 7.47. The van der Waals surface area contributed by atoms with Gasteiger partial charge in [-0.15, -0.1) is 0 Å². The van der Waals surface area contributed by atoms with Gasteiger partial charge in [0.1, 0.15) is 5.69 Å². The second-order valence-electron chi connectivity index (χ2n) is 5.74. The molecule has 0 bridgehead atoms. The molecule has 120 valence electrons. The van der Waals surface area contributed by atoms with Gasteiger partial charge < -0.3 is 9.30 Å². The molecule has 2 aromatic heterocycles. The van der Waals surface area contributed by atoms with Gasteiger partial charge in [0, 0.05) is 22.8 Å². The van der Waals surface area contributed by atoms with Crippen LogP contribution in [0.1, 0.15) is 42.9 Å². The van der Waals surface area contributed by atoms with Crippen LogP contribution >= 0.6 is 0 Å². The molecule has 0 amide bonds. The molecule has 3 aromatic rings. The van der Waals surface area contributed by atoms with Crippen LogP contribution in [0.4, 0.5) is 0 Å². The number of nitrogens with zero attached hydrogens (tertiary/aromatic N) is 2. The molecule has 0 saturated carbocycles. The molecule has 0 radical (unpaired) electrons. The molecule has 2 heterocycles. The standard InChI is InChI=1S/C19H22N2O2/c1-4-6-11-23-19(22)16-12-15-14-9-7-8-10-17(14)21(5-2)18(15)13(3)20-16/h7-10,12H,4-6,11H2,1-3H3. The lowest BCUT2D eigenvalue weighted by Crippen LogP contribution is -2.09. The molecule has 0 aliphatic carbocycles. The topological polar surface area (TPSA) is 44.1 Å². The predicted molar refractivity (Wildman–Crippen MR) is 92.8 cm³/mol. The van der Waals surface area contributed by atoms with E-state index >= 15 is 0 Å². The Labute approximate surface area is 136 Å². The molecule has 0 atom stereocenters. The largest absolute Gasteiger partial charge is 0.461 e. The monoisotopic (exact) mass is 310 g/mol. The zero-order valence-electron chi connectivity index (χ0n) is 13.9. The molecule has 0 fully saturated rings. The first-order chi connectivity index (χ1) is 11.2. The van der Waals surface area contributed by atoms with E-state index in [1.807, 2.05) is 25.1 Å². The third-order valence-electron chi connectivity index (χ3n) is 4.18. The van der Waals surface area contributed by atoms with E-state index in [1.165, 1.54) is 5.52 Å². The molecule has 0 saturated heterocycles. The highest BCUT2D eigenvalue weighted by Gasteiger charge is 2.17. The lowest BCUT2D eigenvalue weighted by molar-refractivity contribution is 0.0493. The minimum absolute atomic E-state index is 0.336. The first-order valence-corrected chi connectivity index (χ1v) is 8.23. The van der Waals surface area contributed by atoms with Gasteiger partial charge in [-0.3, -0.25) is 0 Å². The first-order valence-electron chi connectivity index (χ1n) is 8.23. The van der Waals surface area contributed by atoms with Crippen LogP contribution in [0.15, 0.2) is 30.3 Å². The third-order valence-corrected chi connectivity index (χ3v) is 4.18. The number of benzene rings is 1. The summed E-state index contributed by atoms with van der Waals surface area (Å²) in [5, 5.41) is 2.22. The summed E-state index contributed by atoms with van der Waals surface area (Å²) in [7, 11) is 0. The summed E-state index contributed by atoms with van der Waals surface area (Å²) in [6, 6.07) is 10.1. The van der Waals surface area contributed by atoms with Crippen molar-refractivity contribution in [2.75, 3.05) is 6.61 Å². The Morgan fingerprint density at radius 3 is 2.74 bits per heavy atom. The third kappa shape index (κ3) is 2.69. The van der Waals surface area contributed by atoms with Crippen molar-refractivity contribution in [3.8, 4) is 0 Å². The maximum Gasteiger partial charge on any atom is 0.356 e. The molecule has 4 nitrogen and oxygen atoms in total. The van der Waals surface area contributed by atoms with Crippen molar-refractivity contribution in [3.63, 3.8) is 0 Å². The van der Waals surface area contributed by atoms with Crippen LogP contribution in [0, 0.1) is 6.92 Å². The fourth-order valence-corrected chi connectivity index (χ4v) is 3.09. The molecule has 0 aliphatic heterocycles. The van der Waals surface area contributed by atoms with E-state index in [4.69, 9.17) is 4.74 Å². The zero-order chi connectivity index (χ0) is 16.4. The first kappa shape index (κ1) is 15.5. The van der Waals surface area contributed by atoms with Crippen molar-refractivity contribution < 1.29 is 9.53 Å². The van der Waals surface area contributed by atoms with Crippen LogP contribution in [0.3, 0.4) is 0 Å². The number of para-hydroxylation sites is 1. The van der Waals surface area contributed by atoms with Crippen LogP contribution < -0.4 is 0 Å². The number of fused-ring (bicyclic) bond motifs is 3. The SMILES string of the molecule is CCCCOC(=O)c1cc2c3ccccc3n(CC)c2c(C)n1. The fourth-order valence-electron chi connectivity index (χ4n) is 3.09. The minimum Gasteiger partial charge on any atom is -0.461 e. The van der Waals surface area contributed by atoms with Gasteiger partial charge in [0.25, 0.3) is 0 Å². The van der Waals surface area contributed by atoms with Crippen molar-refractivity contribution in [3.05, 3.63) is 41.7 Å². The quantitative estimate of drug-likeness (QED) is 0.515. The Morgan fingerprint density at radius 2 is 2.00 bits per heavy atom. The molecule has 3 rings (SSSR count). The Kier molecular flexibility index (Phi) is 4.33. The Hall–Kier alpha value is -2.36. The van der Waals surface area contributed by atoms with Crippen LogP contribution in [0.25, 0.3) is 21.8 Å². The van der Waals surface area contributed by atoms with E-state index in [2.05, 4.69) is 35.5 Å². The van der Waals surface area contributed by atoms with E-state index in [1.54, 1.807) is 0 Å². The molecule has 0 N–H and O–H groups in total. The van der Waals surface area contributed by atoms with E-state index in [9.17, 15) is 4.79 Å². The van der Waals surface area contributed by atoms with Gasteiger partial charge in [-0.05, 0) is 32.4 Å². The van der Waals surface area contributed by atoms with Crippen molar-refractivity contribution in [2.24, 2.45) is 0 Å². The summed E-state index contributed by atoms with van der Waals surface area (Å²) >= 11 is 0. The molecule has 0 spiro atoms. The van der Waals surface area contributed by atoms with E-state index in [0.717, 1.165) is 41.4 Å². The number of ether oxygens (including phenoxy) is 1. The lowest BCUT2D eigenvalue weighted by atomic mass is 10.1. The van der Waals surface area contributed by atoms with Crippen molar-refractivity contribution in [2.45, 2.75) is 40.2 Å². The molecule has 23 heavy (non-hydrogen) atoms. The molecule has 0 aliphatic rings. The van der Waals surface area contributed by atoms with Crippen LogP contribution in [-0.4, -0.2) is 22.1 Å². The molecule has 1 aromatic carbocycles. The van der Waals surface area contributed by atoms with Crippen molar-refractivity contribution >= 4 is 27.8 Å². The average molecular weight is 310 g/mol. The van der Waals surface area contributed by atoms with E-state index in [-0.39, 0.29) is 5.97 Å². The number of hydrogen-bond acceptors (Lipinski definition) is 3. The summed E-state index contributed by atoms with van der Waals surface area (Å²) < 4.78 is 7.56. The average Bonchev–Trinajstić information content (AvgIpc) is 2.89. The molecule has 0 unspecified atom stereocenters. The summed E-state index contributed by atoms with van der Waals surface area (Å²) in [6.07, 6.45) is 1.88. The molecular formula is C19H22N2O2. The highest BCUT2D eigenvalue weighted by Crippen LogP contribution is 2.31. The van der Waals surface area contributed by atoms with Crippen LogP contribution in [0.2, 0.25) is 0 Å². The number of aryl methyl sites for hydroxylation is 2. The number of aromatic nitrogens is 2. The number of esters is 1. The number of hydrogen-bond donors (Lipinski definition) is 0. The maximum atomic E-state index is 12.2. The normalized spacial score (nSPS) is 11.3. The zero-order valence-corrected chi connectivity index (χ0v) is 13.9. The summed E-state index contributed by atoms with van der Waals surface area (Å²) in [5.74, 6) is -0.336. The number of carbonyl (C=O) groups excluding carboxylic acids is 1. The molecular weight excluding hydrogens is 288 g/mol. The smallest absolute Gasteiger partial charge is 0.356 e. The lowest BCUT2D eigenvalue weighted by Gasteiger charge is -2.07. The highest BCUT2D eigenvalue weighted by atomic mass is 16.5. The van der Waals surface area contributed by atoms with E-state index < -0.39 is 0 Å². The second-order valence-corrected chi connectivity index (χ2v) is 5.74. The predicted octanol–water partition coefficient (Wildman–Crippen LogP) is 4.47. The number of carbonyl (C=O) groups is 1. The van der Waals surface area contributed by atoms with Gasteiger partial charge in [-0.2, -0.15) is 0 Å². The number of unbranched alkanes of at least 4 members (excludes halogenated alkanes) is 1. The van der Waals surface area contributed by atoms with Gasteiger partial charge >= 0.3 is 5.97 Å². The fraction of sp³-hybridized carbons (Fsp3) is 0.368. The maximum absolute atomic E-state index is 12.2. The van der Waals surface area contributed by atoms with Gasteiger partial charge in [-0.25, -0.2) is 9.78 Å². The van der Waals surface area contributed by atoms with Gasteiger partial charge in [0.2, 0.25) is 0 Å². The van der Waals surface area contributed by atoms with E-state index in [0.29, 0.717) is 12.3 Å². The minimum atomic E-state index is -0.336. The van der Waals surface area contributed by atoms with Crippen LogP contribution in [0.5, 0.6) is 0 Å². The highest BCUT2D eigenvalue weighted by molar-refractivity contribution is 6.10. The van der Waals surface area contributed by atoms with Gasteiger partial charge in [0.15, 0.2) is 0 Å². The van der Waals surface area contributed by atoms with Gasteiger partial charge in [0.05, 0.1) is 17.8 Å². The number of rotatable bonds is 5. The summed E-state index contributed by atoms with van der Waals surface area (Å²) in [5.41, 5.74) is 3.53. The van der Waals surface area contributed by atoms with Gasteiger partial charge in [-0.1, -0.05) is 31.5 Å². The Balaban J connectivity index is 2.14. The Bertz CT molecular complexity index is 865. The Morgan fingerprint density at radius 1 is 1.22 bits per heavy atom. The van der Waals surface area contributed by atoms with Crippen molar-refractivity contribution in [1.82, 2.24) is 9.55 Å². The number of pyridine rings is 1. The van der Waals surface area contributed by atoms with Crippen molar-refractivity contribution in [1.29, 1.82) is 0 Å². The second kappa shape index (κ2) is 6.41. The summed E-state index contributed by atoms with van der Waals surface area (Å²) in [4.78, 5) is 16.7.